The summed E-state index contributed by atoms with van der Waals surface area (Å²) in [5.74, 6) is 0. The molecular weight excluding hydrogens is 415 g/mol. The van der Waals surface area contributed by atoms with E-state index in [0.29, 0.717) is 16.6 Å². The highest BCUT2D eigenvalue weighted by atomic mass is 35.5. The largest absolute Gasteiger partial charge is 0.443 e. The van der Waals surface area contributed by atoms with Gasteiger partial charge in [-0.2, -0.15) is 0 Å². The van der Waals surface area contributed by atoms with Crippen LogP contribution in [0.1, 0.15) is 18.2 Å². The number of amides is 1. The van der Waals surface area contributed by atoms with E-state index in [0.717, 1.165) is 26.8 Å². The molecule has 0 radical (unpaired) electrons. The maximum absolute atomic E-state index is 11.1. The number of hydrogen-bond donors (Lipinski definition) is 1. The molecule has 1 heterocycles. The van der Waals surface area contributed by atoms with Gasteiger partial charge in [-0.25, -0.2) is 4.79 Å². The third kappa shape index (κ3) is 6.23. The molecule has 4 nitrogen and oxygen atoms in total. The Morgan fingerprint density at radius 3 is 2.54 bits per heavy atom. The monoisotopic (exact) mass is 436 g/mol. The van der Waals surface area contributed by atoms with E-state index in [9.17, 15) is 4.79 Å². The normalized spacial score (nSPS) is 11.8. The Hall–Kier alpha value is -2.08. The van der Waals surface area contributed by atoms with E-state index in [1.165, 1.54) is 0 Å². The third-order valence-corrected chi connectivity index (χ3v) is 5.42. The molecule has 1 aromatic heterocycles. The number of rotatable bonds is 8. The molecule has 0 aliphatic rings. The molecule has 1 amide bonds. The highest BCUT2D eigenvalue weighted by Crippen LogP contribution is 2.36. The van der Waals surface area contributed by atoms with E-state index in [-0.39, 0.29) is 6.61 Å². The van der Waals surface area contributed by atoms with Crippen LogP contribution >= 0.6 is 35.0 Å². The molecule has 28 heavy (non-hydrogen) atoms. The van der Waals surface area contributed by atoms with Crippen LogP contribution in [0.5, 0.6) is 0 Å². The predicted molar refractivity (Wildman–Crippen MR) is 117 cm³/mol. The van der Waals surface area contributed by atoms with Crippen molar-refractivity contribution in [3.05, 3.63) is 82.0 Å². The van der Waals surface area contributed by atoms with Gasteiger partial charge in [0, 0.05) is 21.5 Å². The zero-order valence-electron chi connectivity index (χ0n) is 15.7. The zero-order valence-corrected chi connectivity index (χ0v) is 18.1. The lowest BCUT2D eigenvalue weighted by Gasteiger charge is -2.15. The molecule has 0 fully saturated rings. The van der Waals surface area contributed by atoms with E-state index < -0.39 is 6.09 Å². The molecular formula is C21H22Cl2N2O2S. The van der Waals surface area contributed by atoms with Gasteiger partial charge in [0.15, 0.2) is 0 Å². The van der Waals surface area contributed by atoms with Crippen molar-refractivity contribution in [1.82, 2.24) is 4.57 Å². The summed E-state index contributed by atoms with van der Waals surface area (Å²) in [6.45, 7) is 8.41. The number of allylic oxidation sites excluding steroid dienone is 5. The molecule has 0 saturated carbocycles. The minimum absolute atomic E-state index is 0.0875. The average Bonchev–Trinajstić information content (AvgIpc) is 2.88. The Labute approximate surface area is 179 Å². The molecule has 0 spiro atoms. The number of primary amides is 1. The summed E-state index contributed by atoms with van der Waals surface area (Å²) in [4.78, 5) is 12.0. The molecule has 0 saturated heterocycles. The van der Waals surface area contributed by atoms with Crippen molar-refractivity contribution < 1.29 is 9.53 Å². The second kappa shape index (κ2) is 10.5. The van der Waals surface area contributed by atoms with Crippen LogP contribution in [0.3, 0.4) is 0 Å². The molecule has 148 valence electrons. The number of benzene rings is 1. The van der Waals surface area contributed by atoms with Crippen LogP contribution in [-0.4, -0.2) is 10.7 Å². The second-order valence-electron chi connectivity index (χ2n) is 6.00. The lowest BCUT2D eigenvalue weighted by Crippen LogP contribution is -2.15. The van der Waals surface area contributed by atoms with E-state index in [2.05, 4.69) is 11.1 Å². The van der Waals surface area contributed by atoms with Crippen molar-refractivity contribution in [1.29, 1.82) is 0 Å². The number of nitrogens with two attached hydrogens (primary N) is 1. The Bertz CT molecular complexity index is 912. The first-order valence-electron chi connectivity index (χ1n) is 8.53. The summed E-state index contributed by atoms with van der Waals surface area (Å²) in [6.07, 6.45) is 6.86. The summed E-state index contributed by atoms with van der Waals surface area (Å²) < 4.78 is 7.13. The smallest absolute Gasteiger partial charge is 0.404 e. The topological polar surface area (TPSA) is 57.2 Å². The number of carbonyl (C=O) groups excluding carboxylic acids is 1. The summed E-state index contributed by atoms with van der Waals surface area (Å²) in [5, 5.41) is 2.15. The molecule has 0 aliphatic carbocycles. The highest BCUT2D eigenvalue weighted by molar-refractivity contribution is 7.99. The van der Waals surface area contributed by atoms with Gasteiger partial charge in [-0.3, -0.25) is 0 Å². The predicted octanol–water partition coefficient (Wildman–Crippen LogP) is 6.54. The van der Waals surface area contributed by atoms with E-state index in [4.69, 9.17) is 33.7 Å². The Morgan fingerprint density at radius 1 is 1.29 bits per heavy atom. The molecule has 0 unspecified atom stereocenters. The Morgan fingerprint density at radius 2 is 1.96 bits per heavy atom. The third-order valence-electron chi connectivity index (χ3n) is 3.78. The van der Waals surface area contributed by atoms with Gasteiger partial charge >= 0.3 is 6.09 Å². The van der Waals surface area contributed by atoms with Crippen molar-refractivity contribution in [2.24, 2.45) is 5.73 Å². The fourth-order valence-corrected chi connectivity index (χ4v) is 4.48. The summed E-state index contributed by atoms with van der Waals surface area (Å²) in [5.41, 5.74) is 8.09. The number of ether oxygens (including phenoxy) is 1. The molecule has 2 N–H and O–H groups in total. The number of aryl methyl sites for hydroxylation is 1. The van der Waals surface area contributed by atoms with Crippen LogP contribution in [0.2, 0.25) is 10.0 Å². The van der Waals surface area contributed by atoms with Gasteiger partial charge in [-0.1, -0.05) is 65.8 Å². The Balaban J connectivity index is 2.48. The number of halogens is 2. The molecule has 0 aliphatic heterocycles. The number of nitrogens with zero attached hydrogens (tertiary/aromatic N) is 1. The van der Waals surface area contributed by atoms with Gasteiger partial charge in [0.05, 0.1) is 10.7 Å². The summed E-state index contributed by atoms with van der Waals surface area (Å²) >= 11 is 13.8. The molecule has 7 heteroatoms. The van der Waals surface area contributed by atoms with Crippen molar-refractivity contribution in [2.75, 3.05) is 0 Å². The van der Waals surface area contributed by atoms with Crippen LogP contribution in [0.25, 0.3) is 0 Å². The van der Waals surface area contributed by atoms with E-state index in [1.54, 1.807) is 23.9 Å². The first kappa shape index (κ1) is 22.2. The maximum Gasteiger partial charge on any atom is 0.404 e. The molecule has 2 aromatic rings. The SMILES string of the molecule is C=C/C=C(\C=C/C)Cn1c(COC(N)=O)cc(C)c1Sc1cc(Cl)cc(Cl)c1. The van der Waals surface area contributed by atoms with E-state index >= 15 is 0 Å². The van der Waals surface area contributed by atoms with Gasteiger partial charge in [0.2, 0.25) is 0 Å². The quantitative estimate of drug-likeness (QED) is 0.477. The first-order valence-corrected chi connectivity index (χ1v) is 10.1. The van der Waals surface area contributed by atoms with Gasteiger partial charge in [0.25, 0.3) is 0 Å². The lowest BCUT2D eigenvalue weighted by molar-refractivity contribution is 0.147. The number of hydrogen-bond acceptors (Lipinski definition) is 3. The standard InChI is InChI=1S/C21H22Cl2N2O2S/c1-4-6-15(7-5-2)12-25-18(13-27-21(24)26)8-14(3)20(25)28-19-10-16(22)9-17(23)11-19/h4-11H,1,12-13H2,2-3H3,(H2,24,26)/b7-5-,15-6+. The highest BCUT2D eigenvalue weighted by Gasteiger charge is 2.16. The minimum atomic E-state index is -0.809. The van der Waals surface area contributed by atoms with Gasteiger partial charge in [-0.05, 0) is 49.2 Å². The number of aromatic nitrogens is 1. The molecule has 1 aromatic carbocycles. The van der Waals surface area contributed by atoms with Crippen LogP contribution in [0.15, 0.2) is 70.6 Å². The fraction of sp³-hybridized carbons (Fsp3) is 0.190. The van der Waals surface area contributed by atoms with Crippen molar-refractivity contribution in [3.63, 3.8) is 0 Å². The van der Waals surface area contributed by atoms with Crippen LogP contribution < -0.4 is 5.73 Å². The molecule has 0 bridgehead atoms. The average molecular weight is 437 g/mol. The van der Waals surface area contributed by atoms with Crippen LogP contribution in [0.4, 0.5) is 4.79 Å². The van der Waals surface area contributed by atoms with Crippen molar-refractivity contribution in [3.8, 4) is 0 Å². The minimum Gasteiger partial charge on any atom is -0.443 e. The summed E-state index contributed by atoms with van der Waals surface area (Å²) in [7, 11) is 0. The van der Waals surface area contributed by atoms with Crippen molar-refractivity contribution in [2.45, 2.75) is 36.9 Å². The van der Waals surface area contributed by atoms with Crippen LogP contribution in [0, 0.1) is 6.92 Å². The lowest BCUT2D eigenvalue weighted by atomic mass is 10.2. The van der Waals surface area contributed by atoms with Gasteiger partial charge < -0.3 is 15.0 Å². The van der Waals surface area contributed by atoms with Crippen LogP contribution in [-0.2, 0) is 17.9 Å². The molecule has 0 atom stereocenters. The fourth-order valence-electron chi connectivity index (χ4n) is 2.71. The zero-order chi connectivity index (χ0) is 20.7. The van der Waals surface area contributed by atoms with Crippen molar-refractivity contribution >= 4 is 41.1 Å². The Kier molecular flexibility index (Phi) is 8.30. The van der Waals surface area contributed by atoms with E-state index in [1.807, 2.05) is 50.3 Å². The summed E-state index contributed by atoms with van der Waals surface area (Å²) in [6, 6.07) is 7.41. The molecule has 2 rings (SSSR count). The first-order chi connectivity index (χ1) is 13.3. The second-order valence-corrected chi connectivity index (χ2v) is 7.94. The van der Waals surface area contributed by atoms with Gasteiger partial charge in [-0.15, -0.1) is 0 Å². The maximum atomic E-state index is 11.1. The van der Waals surface area contributed by atoms with Gasteiger partial charge in [0.1, 0.15) is 6.61 Å². The number of carbonyl (C=O) groups is 1.